The summed E-state index contributed by atoms with van der Waals surface area (Å²) in [7, 11) is 0. The van der Waals surface area contributed by atoms with Crippen LogP contribution >= 0.6 is 0 Å². The zero-order chi connectivity index (χ0) is 11.8. The zero-order valence-electron chi connectivity index (χ0n) is 10.3. The van der Waals surface area contributed by atoms with Crippen molar-refractivity contribution in [3.63, 3.8) is 0 Å². The Balaban J connectivity index is 2.33. The van der Waals surface area contributed by atoms with E-state index in [1.807, 2.05) is 6.92 Å². The van der Waals surface area contributed by atoms with Crippen molar-refractivity contribution in [2.75, 3.05) is 19.8 Å². The minimum Gasteiger partial charge on any atom is -0.466 e. The standard InChI is InChI=1S/C13H22O3/c1-3-11-10-15-9-8-12(11)6-5-7-13(14)16-4-2/h6,11H,3-5,7-10H2,1-2H3. The van der Waals surface area contributed by atoms with Gasteiger partial charge < -0.3 is 9.47 Å². The van der Waals surface area contributed by atoms with Gasteiger partial charge in [-0.2, -0.15) is 0 Å². The number of allylic oxidation sites excluding steroid dienone is 1. The van der Waals surface area contributed by atoms with Crippen molar-refractivity contribution in [3.8, 4) is 0 Å². The molecule has 1 saturated heterocycles. The molecule has 0 aromatic heterocycles. The summed E-state index contributed by atoms with van der Waals surface area (Å²) in [6.45, 7) is 6.14. The van der Waals surface area contributed by atoms with Gasteiger partial charge >= 0.3 is 5.97 Å². The number of hydrogen-bond acceptors (Lipinski definition) is 3. The first-order valence-corrected chi connectivity index (χ1v) is 6.20. The summed E-state index contributed by atoms with van der Waals surface area (Å²) >= 11 is 0. The maximum atomic E-state index is 11.2. The van der Waals surface area contributed by atoms with Gasteiger partial charge in [-0.05, 0) is 26.2 Å². The molecule has 0 aromatic carbocycles. The first-order valence-electron chi connectivity index (χ1n) is 6.20. The summed E-state index contributed by atoms with van der Waals surface area (Å²) in [4.78, 5) is 11.2. The van der Waals surface area contributed by atoms with Crippen LogP contribution in [0.2, 0.25) is 0 Å². The average Bonchev–Trinajstić information content (AvgIpc) is 2.30. The summed E-state index contributed by atoms with van der Waals surface area (Å²) in [6, 6.07) is 0. The van der Waals surface area contributed by atoms with Crippen LogP contribution in [0.5, 0.6) is 0 Å². The highest BCUT2D eigenvalue weighted by Crippen LogP contribution is 2.24. The second kappa shape index (κ2) is 7.44. The molecule has 0 radical (unpaired) electrons. The fourth-order valence-electron chi connectivity index (χ4n) is 1.98. The Morgan fingerprint density at radius 2 is 2.38 bits per heavy atom. The summed E-state index contributed by atoms with van der Waals surface area (Å²) in [5.41, 5.74) is 1.46. The van der Waals surface area contributed by atoms with Gasteiger partial charge in [-0.3, -0.25) is 4.79 Å². The quantitative estimate of drug-likeness (QED) is 0.534. The second-order valence-corrected chi connectivity index (χ2v) is 4.05. The molecule has 1 rings (SSSR count). The lowest BCUT2D eigenvalue weighted by Crippen LogP contribution is -2.19. The van der Waals surface area contributed by atoms with Crippen molar-refractivity contribution in [1.82, 2.24) is 0 Å². The predicted octanol–water partition coefficient (Wildman–Crippen LogP) is 2.70. The lowest BCUT2D eigenvalue weighted by atomic mass is 9.92. The number of carbonyl (C=O) groups excluding carboxylic acids is 1. The lowest BCUT2D eigenvalue weighted by molar-refractivity contribution is -0.143. The molecule has 0 N–H and O–H groups in total. The Kier molecular flexibility index (Phi) is 6.16. The molecule has 0 aromatic rings. The van der Waals surface area contributed by atoms with Crippen LogP contribution < -0.4 is 0 Å². The fourth-order valence-corrected chi connectivity index (χ4v) is 1.98. The minimum atomic E-state index is -0.0977. The summed E-state index contributed by atoms with van der Waals surface area (Å²) in [5, 5.41) is 0. The highest BCUT2D eigenvalue weighted by atomic mass is 16.5. The Morgan fingerprint density at radius 3 is 3.06 bits per heavy atom. The molecule has 0 amide bonds. The number of ether oxygens (including phenoxy) is 2. The van der Waals surface area contributed by atoms with Crippen LogP contribution in [0.25, 0.3) is 0 Å². The van der Waals surface area contributed by atoms with Gasteiger partial charge in [0.25, 0.3) is 0 Å². The topological polar surface area (TPSA) is 35.5 Å². The SMILES string of the molecule is CCOC(=O)CCC=C1CCOCC1CC. The Bertz CT molecular complexity index is 246. The van der Waals surface area contributed by atoms with Crippen molar-refractivity contribution < 1.29 is 14.3 Å². The number of rotatable bonds is 5. The molecular formula is C13H22O3. The molecule has 1 aliphatic rings. The van der Waals surface area contributed by atoms with Crippen molar-refractivity contribution in [2.24, 2.45) is 5.92 Å². The molecule has 1 unspecified atom stereocenters. The van der Waals surface area contributed by atoms with E-state index in [0.29, 0.717) is 18.9 Å². The van der Waals surface area contributed by atoms with E-state index in [4.69, 9.17) is 9.47 Å². The molecule has 1 fully saturated rings. The molecule has 0 aliphatic carbocycles. The maximum Gasteiger partial charge on any atom is 0.306 e. The second-order valence-electron chi connectivity index (χ2n) is 4.05. The third kappa shape index (κ3) is 4.35. The Hall–Kier alpha value is -0.830. The average molecular weight is 226 g/mol. The van der Waals surface area contributed by atoms with Crippen LogP contribution in [0.15, 0.2) is 11.6 Å². The van der Waals surface area contributed by atoms with E-state index >= 15 is 0 Å². The van der Waals surface area contributed by atoms with Gasteiger partial charge in [0.1, 0.15) is 0 Å². The van der Waals surface area contributed by atoms with Crippen LogP contribution in [0.3, 0.4) is 0 Å². The fraction of sp³-hybridized carbons (Fsp3) is 0.769. The van der Waals surface area contributed by atoms with E-state index in [0.717, 1.165) is 32.5 Å². The molecule has 0 bridgehead atoms. The van der Waals surface area contributed by atoms with Crippen LogP contribution in [0, 0.1) is 5.92 Å². The molecule has 0 saturated carbocycles. The van der Waals surface area contributed by atoms with Gasteiger partial charge in [-0.15, -0.1) is 0 Å². The highest BCUT2D eigenvalue weighted by Gasteiger charge is 2.17. The van der Waals surface area contributed by atoms with Gasteiger partial charge in [-0.25, -0.2) is 0 Å². The third-order valence-corrected chi connectivity index (χ3v) is 2.93. The summed E-state index contributed by atoms with van der Waals surface area (Å²) in [5.74, 6) is 0.454. The molecule has 0 spiro atoms. The number of hydrogen-bond donors (Lipinski definition) is 0. The van der Waals surface area contributed by atoms with Crippen LogP contribution in [-0.4, -0.2) is 25.8 Å². The van der Waals surface area contributed by atoms with E-state index in [1.165, 1.54) is 5.57 Å². The van der Waals surface area contributed by atoms with E-state index < -0.39 is 0 Å². The molecule has 92 valence electrons. The summed E-state index contributed by atoms with van der Waals surface area (Å²) < 4.78 is 10.3. The third-order valence-electron chi connectivity index (χ3n) is 2.93. The van der Waals surface area contributed by atoms with Gasteiger partial charge in [0.05, 0.1) is 19.8 Å². The Labute approximate surface area is 97.8 Å². The molecule has 3 heteroatoms. The number of esters is 1. The van der Waals surface area contributed by atoms with Crippen LogP contribution in [-0.2, 0) is 14.3 Å². The lowest BCUT2D eigenvalue weighted by Gasteiger charge is -2.24. The monoisotopic (exact) mass is 226 g/mol. The van der Waals surface area contributed by atoms with Gasteiger partial charge in [0, 0.05) is 12.3 Å². The van der Waals surface area contributed by atoms with Crippen LogP contribution in [0.4, 0.5) is 0 Å². The van der Waals surface area contributed by atoms with Crippen LogP contribution in [0.1, 0.15) is 39.5 Å². The smallest absolute Gasteiger partial charge is 0.306 e. The molecule has 1 atom stereocenters. The van der Waals surface area contributed by atoms with E-state index in [2.05, 4.69) is 13.0 Å². The molecular weight excluding hydrogens is 204 g/mol. The van der Waals surface area contributed by atoms with Crippen molar-refractivity contribution in [1.29, 1.82) is 0 Å². The normalized spacial score (nSPS) is 23.4. The van der Waals surface area contributed by atoms with Gasteiger partial charge in [-0.1, -0.05) is 18.6 Å². The molecule has 3 nitrogen and oxygen atoms in total. The van der Waals surface area contributed by atoms with Crippen molar-refractivity contribution >= 4 is 5.97 Å². The minimum absolute atomic E-state index is 0.0977. The van der Waals surface area contributed by atoms with E-state index in [-0.39, 0.29) is 5.97 Å². The largest absolute Gasteiger partial charge is 0.466 e. The van der Waals surface area contributed by atoms with E-state index in [1.54, 1.807) is 0 Å². The summed E-state index contributed by atoms with van der Waals surface area (Å²) in [6.07, 6.45) is 5.62. The van der Waals surface area contributed by atoms with Gasteiger partial charge in [0.2, 0.25) is 0 Å². The number of carbonyl (C=O) groups is 1. The molecule has 1 heterocycles. The Morgan fingerprint density at radius 1 is 1.56 bits per heavy atom. The van der Waals surface area contributed by atoms with E-state index in [9.17, 15) is 4.79 Å². The first kappa shape index (κ1) is 13.2. The van der Waals surface area contributed by atoms with Crippen molar-refractivity contribution in [2.45, 2.75) is 39.5 Å². The van der Waals surface area contributed by atoms with Gasteiger partial charge in [0.15, 0.2) is 0 Å². The predicted molar refractivity (Wildman–Crippen MR) is 63.2 cm³/mol. The zero-order valence-corrected chi connectivity index (χ0v) is 10.3. The maximum absolute atomic E-state index is 11.2. The highest BCUT2D eigenvalue weighted by molar-refractivity contribution is 5.69. The molecule has 1 aliphatic heterocycles. The molecule has 16 heavy (non-hydrogen) atoms. The van der Waals surface area contributed by atoms with Crippen molar-refractivity contribution in [3.05, 3.63) is 11.6 Å². The first-order chi connectivity index (χ1) is 7.77.